The molecule has 0 spiro atoms. The Kier molecular flexibility index (Phi) is 7.29. The van der Waals surface area contributed by atoms with Crippen LogP contribution in [0.4, 0.5) is 5.69 Å². The monoisotopic (exact) mass is 535 g/mol. The van der Waals surface area contributed by atoms with Gasteiger partial charge in [-0.3, -0.25) is 9.69 Å². The van der Waals surface area contributed by atoms with E-state index < -0.39 is 0 Å². The van der Waals surface area contributed by atoms with E-state index in [1.54, 1.807) is 7.11 Å². The molecular weight excluding hydrogens is 502 g/mol. The van der Waals surface area contributed by atoms with Crippen LogP contribution in [0, 0.1) is 6.92 Å². The van der Waals surface area contributed by atoms with Gasteiger partial charge in [-0.25, -0.2) is 4.68 Å². The molecule has 3 heterocycles. The van der Waals surface area contributed by atoms with Crippen molar-refractivity contribution < 1.29 is 4.74 Å². The molecule has 1 unspecified atom stereocenters. The van der Waals surface area contributed by atoms with Crippen LogP contribution in [0.3, 0.4) is 0 Å². The Morgan fingerprint density at radius 3 is 2.52 bits per heavy atom. The predicted molar refractivity (Wildman–Crippen MR) is 156 cm³/mol. The normalized spacial score (nSPS) is 14.9. The molecule has 0 saturated carbocycles. The molecule has 0 radical (unpaired) electrons. The molecule has 0 bridgehead atoms. The molecule has 40 heavy (non-hydrogen) atoms. The summed E-state index contributed by atoms with van der Waals surface area (Å²) in [5, 5.41) is 13.9. The van der Waals surface area contributed by atoms with Crippen LogP contribution in [-0.2, 0) is 13.0 Å². The minimum Gasteiger partial charge on any atom is -0.495 e. The van der Waals surface area contributed by atoms with Gasteiger partial charge in [-0.1, -0.05) is 60.7 Å². The molecule has 1 N–H and O–H groups in total. The van der Waals surface area contributed by atoms with Gasteiger partial charge >= 0.3 is 0 Å². The van der Waals surface area contributed by atoms with Crippen molar-refractivity contribution >= 4 is 16.6 Å². The number of aromatic nitrogens is 5. The maximum absolute atomic E-state index is 13.6. The average molecular weight is 536 g/mol. The summed E-state index contributed by atoms with van der Waals surface area (Å²) in [5.74, 6) is 1.54. The van der Waals surface area contributed by atoms with E-state index in [0.717, 1.165) is 60.5 Å². The van der Waals surface area contributed by atoms with E-state index >= 15 is 0 Å². The topological polar surface area (TPSA) is 92.2 Å². The number of para-hydroxylation sites is 3. The van der Waals surface area contributed by atoms with E-state index in [2.05, 4.69) is 48.5 Å². The molecule has 2 aromatic heterocycles. The van der Waals surface area contributed by atoms with Gasteiger partial charge in [-0.15, -0.1) is 5.10 Å². The smallest absolute Gasteiger partial charge is 0.253 e. The second kappa shape index (κ2) is 11.3. The Bertz CT molecular complexity index is 1660. The number of aryl methyl sites for hydroxylation is 3. The Balaban J connectivity index is 1.35. The van der Waals surface area contributed by atoms with Gasteiger partial charge < -0.3 is 14.6 Å². The maximum atomic E-state index is 13.6. The molecule has 1 fully saturated rings. The van der Waals surface area contributed by atoms with Crippen LogP contribution in [0.15, 0.2) is 83.7 Å². The Hall–Kier alpha value is -4.50. The van der Waals surface area contributed by atoms with Gasteiger partial charge in [0.05, 0.1) is 18.3 Å². The molecule has 204 valence electrons. The number of rotatable bonds is 8. The first-order valence-corrected chi connectivity index (χ1v) is 13.7. The standard InChI is InChI=1S/C31H33N7O2/c1-22-9-8-12-24-21-25(31(39)32-28(22)24)29(30-33-34-35-38(30)16-15-23-10-4-3-5-11-23)37-19-17-36(18-20-37)26-13-6-7-14-27(26)40-2/h3-14,21,29H,15-20H2,1-2H3,(H,32,39). The number of fused-ring (bicyclic) bond motifs is 1. The highest BCUT2D eigenvalue weighted by Gasteiger charge is 2.33. The van der Waals surface area contributed by atoms with Crippen molar-refractivity contribution in [3.8, 4) is 5.75 Å². The van der Waals surface area contributed by atoms with E-state index in [-0.39, 0.29) is 11.6 Å². The zero-order chi connectivity index (χ0) is 27.5. The molecule has 0 amide bonds. The van der Waals surface area contributed by atoms with Crippen molar-refractivity contribution in [3.05, 3.63) is 112 Å². The lowest BCUT2D eigenvalue weighted by atomic mass is 10.0. The highest BCUT2D eigenvalue weighted by Crippen LogP contribution is 2.32. The number of nitrogens with one attached hydrogen (secondary N) is 1. The van der Waals surface area contributed by atoms with E-state index in [9.17, 15) is 4.79 Å². The summed E-state index contributed by atoms with van der Waals surface area (Å²) in [4.78, 5) is 21.4. The van der Waals surface area contributed by atoms with Crippen LogP contribution >= 0.6 is 0 Å². The molecular formula is C31H33N7O2. The van der Waals surface area contributed by atoms with E-state index in [1.807, 2.05) is 72.3 Å². The van der Waals surface area contributed by atoms with Crippen LogP contribution < -0.4 is 15.2 Å². The van der Waals surface area contributed by atoms with Crippen LogP contribution in [0.25, 0.3) is 10.9 Å². The first-order valence-electron chi connectivity index (χ1n) is 13.7. The van der Waals surface area contributed by atoms with Crippen molar-refractivity contribution in [2.75, 3.05) is 38.2 Å². The predicted octanol–water partition coefficient (Wildman–Crippen LogP) is 3.99. The molecule has 5 aromatic rings. The maximum Gasteiger partial charge on any atom is 0.253 e. The van der Waals surface area contributed by atoms with E-state index in [4.69, 9.17) is 4.74 Å². The van der Waals surface area contributed by atoms with Gasteiger partial charge in [0.25, 0.3) is 5.56 Å². The quantitative estimate of drug-likeness (QED) is 0.321. The second-order valence-electron chi connectivity index (χ2n) is 10.2. The summed E-state index contributed by atoms with van der Waals surface area (Å²) in [6.07, 6.45) is 0.792. The molecule has 6 rings (SSSR count). The number of aromatic amines is 1. The van der Waals surface area contributed by atoms with Crippen molar-refractivity contribution in [1.82, 2.24) is 30.1 Å². The van der Waals surface area contributed by atoms with E-state index in [1.165, 1.54) is 5.56 Å². The lowest BCUT2D eigenvalue weighted by molar-refractivity contribution is 0.199. The van der Waals surface area contributed by atoms with Crippen molar-refractivity contribution in [1.29, 1.82) is 0 Å². The van der Waals surface area contributed by atoms with Crippen molar-refractivity contribution in [2.24, 2.45) is 0 Å². The fourth-order valence-corrected chi connectivity index (χ4v) is 5.66. The fourth-order valence-electron chi connectivity index (χ4n) is 5.66. The SMILES string of the molecule is COc1ccccc1N1CCN(C(c2cc3cccc(C)c3[nH]c2=O)c2nnnn2CCc2ccccc2)CC1. The number of ether oxygens (including phenoxy) is 1. The van der Waals surface area contributed by atoms with Crippen LogP contribution in [-0.4, -0.2) is 63.4 Å². The van der Waals surface area contributed by atoms with Gasteiger partial charge in [0.1, 0.15) is 11.8 Å². The molecule has 1 saturated heterocycles. The summed E-state index contributed by atoms with van der Waals surface area (Å²) in [5.41, 5.74) is 4.73. The number of anilines is 1. The number of hydrogen-bond acceptors (Lipinski definition) is 7. The van der Waals surface area contributed by atoms with Gasteiger partial charge in [-0.05, 0) is 58.5 Å². The summed E-state index contributed by atoms with van der Waals surface area (Å²) >= 11 is 0. The summed E-state index contributed by atoms with van der Waals surface area (Å²) in [7, 11) is 1.70. The molecule has 1 aliphatic rings. The zero-order valence-electron chi connectivity index (χ0n) is 22.8. The van der Waals surface area contributed by atoms with Crippen LogP contribution in [0.2, 0.25) is 0 Å². The van der Waals surface area contributed by atoms with Crippen LogP contribution in [0.1, 0.15) is 28.6 Å². The number of hydrogen-bond donors (Lipinski definition) is 1. The first kappa shape index (κ1) is 25.8. The molecule has 9 nitrogen and oxygen atoms in total. The minimum absolute atomic E-state index is 0.114. The average Bonchev–Trinajstić information content (AvgIpc) is 3.46. The largest absolute Gasteiger partial charge is 0.495 e. The lowest BCUT2D eigenvalue weighted by Crippen LogP contribution is -2.49. The summed E-state index contributed by atoms with van der Waals surface area (Å²) < 4.78 is 7.47. The number of benzene rings is 3. The molecule has 9 heteroatoms. The summed E-state index contributed by atoms with van der Waals surface area (Å²) in [6.45, 7) is 5.67. The third-order valence-corrected chi connectivity index (χ3v) is 7.78. The Morgan fingerprint density at radius 2 is 1.73 bits per heavy atom. The van der Waals surface area contributed by atoms with Crippen molar-refractivity contribution in [3.63, 3.8) is 0 Å². The van der Waals surface area contributed by atoms with Crippen molar-refractivity contribution in [2.45, 2.75) is 25.9 Å². The molecule has 1 atom stereocenters. The van der Waals surface area contributed by atoms with Gasteiger partial charge in [0.15, 0.2) is 5.82 Å². The van der Waals surface area contributed by atoms with Gasteiger partial charge in [0, 0.05) is 38.3 Å². The lowest BCUT2D eigenvalue weighted by Gasteiger charge is -2.40. The third kappa shape index (κ3) is 5.08. The summed E-state index contributed by atoms with van der Waals surface area (Å²) in [6, 6.07) is 26.1. The first-order chi connectivity index (χ1) is 19.6. The second-order valence-corrected chi connectivity index (χ2v) is 10.2. The number of methoxy groups -OCH3 is 1. The Morgan fingerprint density at radius 1 is 0.950 bits per heavy atom. The van der Waals surface area contributed by atoms with Gasteiger partial charge in [0.2, 0.25) is 0 Å². The molecule has 3 aromatic carbocycles. The Labute approximate surface area is 233 Å². The minimum atomic E-state index is -0.390. The number of piperazine rings is 1. The van der Waals surface area contributed by atoms with Gasteiger partial charge in [-0.2, -0.15) is 0 Å². The fraction of sp³-hybridized carbons (Fsp3) is 0.290. The third-order valence-electron chi connectivity index (χ3n) is 7.78. The number of tetrazole rings is 1. The van der Waals surface area contributed by atoms with Crippen LogP contribution in [0.5, 0.6) is 5.75 Å². The molecule has 0 aliphatic carbocycles. The van der Waals surface area contributed by atoms with E-state index in [0.29, 0.717) is 17.9 Å². The zero-order valence-corrected chi connectivity index (χ0v) is 22.8. The number of H-pyrrole nitrogens is 1. The number of pyridine rings is 1. The molecule has 1 aliphatic heterocycles. The number of nitrogens with zero attached hydrogens (tertiary/aromatic N) is 6. The highest BCUT2D eigenvalue weighted by atomic mass is 16.5. The highest BCUT2D eigenvalue weighted by molar-refractivity contribution is 5.82.